The topological polar surface area (TPSA) is 44.8 Å². The minimum atomic E-state index is -0.104. The Labute approximate surface area is 170 Å². The first-order valence-electron chi connectivity index (χ1n) is 9.46. The summed E-state index contributed by atoms with van der Waals surface area (Å²) in [5.41, 5.74) is 4.48. The normalized spacial score (nSPS) is 13.9. The van der Waals surface area contributed by atoms with Gasteiger partial charge < -0.3 is 14.2 Å². The number of methoxy groups -OCH3 is 1. The van der Waals surface area contributed by atoms with Crippen LogP contribution in [0, 0.1) is 13.8 Å². The molecule has 1 aliphatic heterocycles. The number of ether oxygens (including phenoxy) is 3. The molecule has 0 aliphatic carbocycles. The maximum absolute atomic E-state index is 12.8. The van der Waals surface area contributed by atoms with Gasteiger partial charge in [0, 0.05) is 5.56 Å². The molecule has 1 heterocycles. The molecule has 0 atom stereocenters. The molecule has 0 fully saturated rings. The second-order valence-corrected chi connectivity index (χ2v) is 7.00. The summed E-state index contributed by atoms with van der Waals surface area (Å²) < 4.78 is 17.1. The predicted octanol–water partition coefficient (Wildman–Crippen LogP) is 5.51. The highest BCUT2D eigenvalue weighted by molar-refractivity contribution is 6.15. The monoisotopic (exact) mass is 386 g/mol. The molecule has 0 radical (unpaired) electrons. The van der Waals surface area contributed by atoms with Crippen LogP contribution >= 0.6 is 0 Å². The van der Waals surface area contributed by atoms with E-state index in [2.05, 4.69) is 0 Å². The Bertz CT molecular complexity index is 1090. The van der Waals surface area contributed by atoms with Gasteiger partial charge in [-0.1, -0.05) is 36.4 Å². The minimum Gasteiger partial charge on any atom is -0.497 e. The molecular formula is C25H22O4. The van der Waals surface area contributed by atoms with Gasteiger partial charge in [0.05, 0.1) is 12.7 Å². The molecule has 4 rings (SSSR count). The van der Waals surface area contributed by atoms with Crippen LogP contribution in [0.4, 0.5) is 0 Å². The maximum Gasteiger partial charge on any atom is 0.231 e. The van der Waals surface area contributed by atoms with Crippen molar-refractivity contribution in [2.45, 2.75) is 20.5 Å². The summed E-state index contributed by atoms with van der Waals surface area (Å²) in [5.74, 6) is 2.31. The molecule has 0 bridgehead atoms. The molecule has 0 saturated heterocycles. The molecule has 4 heteroatoms. The van der Waals surface area contributed by atoms with Crippen molar-refractivity contribution < 1.29 is 19.0 Å². The van der Waals surface area contributed by atoms with Crippen LogP contribution in [-0.2, 0) is 6.61 Å². The van der Waals surface area contributed by atoms with Crippen molar-refractivity contribution in [3.8, 4) is 17.2 Å². The van der Waals surface area contributed by atoms with Crippen LogP contribution in [0.15, 0.2) is 66.4 Å². The van der Waals surface area contributed by atoms with Gasteiger partial charge in [-0.3, -0.25) is 4.79 Å². The zero-order valence-electron chi connectivity index (χ0n) is 16.7. The number of rotatable bonds is 5. The average Bonchev–Trinajstić information content (AvgIpc) is 3.06. The van der Waals surface area contributed by atoms with Crippen molar-refractivity contribution in [3.05, 3.63) is 94.2 Å². The molecule has 3 aromatic rings. The van der Waals surface area contributed by atoms with Crippen molar-refractivity contribution in [3.63, 3.8) is 0 Å². The lowest BCUT2D eigenvalue weighted by Crippen LogP contribution is -1.98. The highest BCUT2D eigenvalue weighted by Gasteiger charge is 2.30. The van der Waals surface area contributed by atoms with Crippen LogP contribution in [0.3, 0.4) is 0 Å². The van der Waals surface area contributed by atoms with Gasteiger partial charge in [0.2, 0.25) is 5.78 Å². The Morgan fingerprint density at radius 1 is 0.966 bits per heavy atom. The fourth-order valence-electron chi connectivity index (χ4n) is 3.30. The van der Waals surface area contributed by atoms with Gasteiger partial charge in [0.15, 0.2) is 5.76 Å². The summed E-state index contributed by atoms with van der Waals surface area (Å²) >= 11 is 0. The smallest absolute Gasteiger partial charge is 0.231 e. The van der Waals surface area contributed by atoms with E-state index in [0.717, 1.165) is 28.0 Å². The Morgan fingerprint density at radius 2 is 1.72 bits per heavy atom. The van der Waals surface area contributed by atoms with Crippen LogP contribution in [-0.4, -0.2) is 12.9 Å². The van der Waals surface area contributed by atoms with Crippen molar-refractivity contribution in [2.75, 3.05) is 7.11 Å². The molecule has 0 saturated carbocycles. The van der Waals surface area contributed by atoms with Crippen LogP contribution in [0.25, 0.3) is 6.08 Å². The third kappa shape index (κ3) is 3.74. The predicted molar refractivity (Wildman–Crippen MR) is 113 cm³/mol. The Balaban J connectivity index is 1.55. The third-order valence-electron chi connectivity index (χ3n) is 5.07. The fourth-order valence-corrected chi connectivity index (χ4v) is 3.30. The van der Waals surface area contributed by atoms with E-state index in [1.165, 1.54) is 0 Å². The zero-order valence-corrected chi connectivity index (χ0v) is 16.7. The average molecular weight is 386 g/mol. The molecule has 146 valence electrons. The highest BCUT2D eigenvalue weighted by Crippen LogP contribution is 2.39. The Hall–Kier alpha value is -3.53. The molecule has 0 spiro atoms. The van der Waals surface area contributed by atoms with Gasteiger partial charge in [-0.15, -0.1) is 0 Å². The first-order chi connectivity index (χ1) is 14.1. The molecule has 0 aromatic heterocycles. The number of hydrogen-bond acceptors (Lipinski definition) is 4. The number of ketones is 1. The minimum absolute atomic E-state index is 0.104. The van der Waals surface area contributed by atoms with E-state index in [-0.39, 0.29) is 5.78 Å². The van der Waals surface area contributed by atoms with E-state index >= 15 is 0 Å². The van der Waals surface area contributed by atoms with Gasteiger partial charge >= 0.3 is 0 Å². The van der Waals surface area contributed by atoms with E-state index in [1.54, 1.807) is 19.3 Å². The van der Waals surface area contributed by atoms with Gasteiger partial charge in [0.25, 0.3) is 0 Å². The summed E-state index contributed by atoms with van der Waals surface area (Å²) in [6, 6.07) is 19.2. The molecule has 0 amide bonds. The second-order valence-electron chi connectivity index (χ2n) is 7.00. The molecule has 4 nitrogen and oxygen atoms in total. The van der Waals surface area contributed by atoms with Crippen LogP contribution < -0.4 is 14.2 Å². The van der Waals surface area contributed by atoms with Gasteiger partial charge in [0.1, 0.15) is 23.9 Å². The molecule has 0 unspecified atom stereocenters. The fraction of sp³-hybridized carbons (Fsp3) is 0.160. The highest BCUT2D eigenvalue weighted by atomic mass is 16.5. The number of hydrogen-bond donors (Lipinski definition) is 0. The lowest BCUT2D eigenvalue weighted by molar-refractivity contribution is 0.101. The quantitative estimate of drug-likeness (QED) is 0.543. The van der Waals surface area contributed by atoms with Crippen molar-refractivity contribution in [1.82, 2.24) is 0 Å². The summed E-state index contributed by atoms with van der Waals surface area (Å²) in [4.78, 5) is 12.8. The van der Waals surface area contributed by atoms with Gasteiger partial charge in [-0.25, -0.2) is 0 Å². The number of fused-ring (bicyclic) bond motifs is 1. The van der Waals surface area contributed by atoms with Gasteiger partial charge in [-0.2, -0.15) is 0 Å². The summed E-state index contributed by atoms with van der Waals surface area (Å²) in [5, 5.41) is 0. The number of benzene rings is 3. The van der Waals surface area contributed by atoms with E-state index in [4.69, 9.17) is 14.2 Å². The van der Waals surface area contributed by atoms with Crippen molar-refractivity contribution >= 4 is 11.9 Å². The molecular weight excluding hydrogens is 364 g/mol. The Kier molecular flexibility index (Phi) is 5.09. The molecule has 0 N–H and O–H groups in total. The van der Waals surface area contributed by atoms with Crippen LogP contribution in [0.1, 0.15) is 32.6 Å². The number of carbonyl (C=O) groups is 1. The first kappa shape index (κ1) is 18.8. The SMILES string of the molecule is COc1ccc(COc2ccc3c(c2C)O/C(=C\c2ccccc2C)C3=O)cc1. The summed E-state index contributed by atoms with van der Waals surface area (Å²) in [6.45, 7) is 4.34. The number of aryl methyl sites for hydroxylation is 1. The summed E-state index contributed by atoms with van der Waals surface area (Å²) in [7, 11) is 1.64. The standard InChI is InChI=1S/C25H22O4/c1-16-6-4-5-7-19(16)14-23-24(26)21-12-13-22(17(2)25(21)29-23)28-15-18-8-10-20(27-3)11-9-18/h4-14H,15H2,1-3H3/b23-14-. The Morgan fingerprint density at radius 3 is 2.45 bits per heavy atom. The van der Waals surface area contributed by atoms with Crippen molar-refractivity contribution in [1.29, 1.82) is 0 Å². The van der Waals surface area contributed by atoms with E-state index in [9.17, 15) is 4.79 Å². The second kappa shape index (κ2) is 7.84. The molecule has 29 heavy (non-hydrogen) atoms. The lowest BCUT2D eigenvalue weighted by atomic mass is 10.0. The van der Waals surface area contributed by atoms with E-state index < -0.39 is 0 Å². The maximum atomic E-state index is 12.8. The van der Waals surface area contributed by atoms with Crippen LogP contribution in [0.5, 0.6) is 17.2 Å². The first-order valence-corrected chi connectivity index (χ1v) is 9.46. The molecule has 3 aromatic carbocycles. The van der Waals surface area contributed by atoms with E-state index in [1.807, 2.05) is 68.4 Å². The lowest BCUT2D eigenvalue weighted by Gasteiger charge is -2.12. The number of Topliss-reactive ketones (excluding diaryl/α,β-unsaturated/α-hetero) is 1. The van der Waals surface area contributed by atoms with E-state index in [0.29, 0.717) is 29.4 Å². The largest absolute Gasteiger partial charge is 0.497 e. The number of carbonyl (C=O) groups excluding carboxylic acids is 1. The summed E-state index contributed by atoms with van der Waals surface area (Å²) in [6.07, 6.45) is 1.80. The zero-order chi connectivity index (χ0) is 20.4. The third-order valence-corrected chi connectivity index (χ3v) is 5.07. The number of allylic oxidation sites excluding steroid dienone is 1. The van der Waals surface area contributed by atoms with Crippen LogP contribution in [0.2, 0.25) is 0 Å². The van der Waals surface area contributed by atoms with Gasteiger partial charge in [-0.05, 0) is 60.9 Å². The van der Waals surface area contributed by atoms with Crippen molar-refractivity contribution in [2.24, 2.45) is 0 Å². The molecule has 1 aliphatic rings.